The van der Waals surface area contributed by atoms with Gasteiger partial charge in [0.2, 0.25) is 0 Å². The van der Waals surface area contributed by atoms with E-state index in [0.717, 1.165) is 32.2 Å². The second-order valence-corrected chi connectivity index (χ2v) is 6.80. The molecule has 0 spiro atoms. The van der Waals surface area contributed by atoms with E-state index in [0.29, 0.717) is 0 Å². The normalized spacial score (nSPS) is 14.7. The molecule has 0 radical (unpaired) electrons. The smallest absolute Gasteiger partial charge is 0.0601 e. The van der Waals surface area contributed by atoms with E-state index in [9.17, 15) is 0 Å². The highest BCUT2D eigenvalue weighted by Gasteiger charge is 2.22. The largest absolute Gasteiger partial charge is 0.309 e. The Hall–Kier alpha value is -1.34. The van der Waals surface area contributed by atoms with E-state index in [2.05, 4.69) is 47.3 Å². The molecule has 2 aromatic rings. The van der Waals surface area contributed by atoms with Crippen molar-refractivity contribution in [3.8, 4) is 12.3 Å². The minimum absolute atomic E-state index is 0.718. The second kappa shape index (κ2) is 6.62. The highest BCUT2D eigenvalue weighted by atomic mass is 32.1. The summed E-state index contributed by atoms with van der Waals surface area (Å²) in [5.74, 6) is 2.77. The molecule has 3 rings (SSSR count). The predicted molar refractivity (Wildman–Crippen MR) is 91.5 cm³/mol. The first kappa shape index (κ1) is 14.6. The van der Waals surface area contributed by atoms with E-state index >= 15 is 0 Å². The van der Waals surface area contributed by atoms with Crippen LogP contribution >= 0.6 is 11.3 Å². The number of rotatable bonds is 7. The first-order chi connectivity index (χ1) is 10.3. The van der Waals surface area contributed by atoms with Gasteiger partial charge < -0.3 is 5.32 Å². The molecule has 0 unspecified atom stereocenters. The Balaban J connectivity index is 1.88. The number of terminal acetylenes is 1. The SMILES string of the molecule is C#CCN(CC)Cc1c(CNC2CC2)sc2ccccc12. The summed E-state index contributed by atoms with van der Waals surface area (Å²) in [6, 6.07) is 9.47. The lowest BCUT2D eigenvalue weighted by Crippen LogP contribution is -2.24. The summed E-state index contributed by atoms with van der Waals surface area (Å²) < 4.78 is 1.39. The molecule has 3 heteroatoms. The number of hydrogen-bond acceptors (Lipinski definition) is 3. The number of fused-ring (bicyclic) bond motifs is 1. The average Bonchev–Trinajstić information content (AvgIpc) is 3.27. The fourth-order valence-corrected chi connectivity index (χ4v) is 3.79. The summed E-state index contributed by atoms with van der Waals surface area (Å²) in [5.41, 5.74) is 1.46. The van der Waals surface area contributed by atoms with Crippen molar-refractivity contribution in [2.45, 2.75) is 38.9 Å². The van der Waals surface area contributed by atoms with Gasteiger partial charge in [0.1, 0.15) is 0 Å². The van der Waals surface area contributed by atoms with Crippen molar-refractivity contribution in [3.05, 3.63) is 34.7 Å². The van der Waals surface area contributed by atoms with Gasteiger partial charge in [-0.25, -0.2) is 0 Å². The van der Waals surface area contributed by atoms with Gasteiger partial charge in [-0.05, 0) is 36.4 Å². The molecule has 0 atom stereocenters. The Bertz CT molecular complexity index is 649. The highest BCUT2D eigenvalue weighted by Crippen LogP contribution is 2.33. The summed E-state index contributed by atoms with van der Waals surface area (Å²) >= 11 is 1.92. The molecular formula is C18H22N2S. The summed E-state index contributed by atoms with van der Waals surface area (Å²) in [7, 11) is 0. The van der Waals surface area contributed by atoms with E-state index in [1.807, 2.05) is 11.3 Å². The van der Waals surface area contributed by atoms with E-state index in [-0.39, 0.29) is 0 Å². The highest BCUT2D eigenvalue weighted by molar-refractivity contribution is 7.19. The molecule has 1 saturated carbocycles. The zero-order chi connectivity index (χ0) is 14.7. The zero-order valence-corrected chi connectivity index (χ0v) is 13.4. The van der Waals surface area contributed by atoms with Crippen molar-refractivity contribution >= 4 is 21.4 Å². The van der Waals surface area contributed by atoms with Crippen molar-refractivity contribution in [3.63, 3.8) is 0 Å². The number of benzene rings is 1. The first-order valence-electron chi connectivity index (χ1n) is 7.70. The van der Waals surface area contributed by atoms with Gasteiger partial charge in [-0.2, -0.15) is 0 Å². The molecule has 1 aliphatic carbocycles. The van der Waals surface area contributed by atoms with Crippen LogP contribution in [0, 0.1) is 12.3 Å². The molecule has 1 fully saturated rings. The van der Waals surface area contributed by atoms with E-state index in [1.54, 1.807) is 0 Å². The Morgan fingerprint density at radius 3 is 2.90 bits per heavy atom. The van der Waals surface area contributed by atoms with Crippen LogP contribution < -0.4 is 5.32 Å². The molecule has 1 aromatic carbocycles. The standard InChI is InChI=1S/C18H22N2S/c1-3-11-20(4-2)13-16-15-7-5-6-8-17(15)21-18(16)12-19-14-9-10-14/h1,5-8,14,19H,4,9-13H2,2H3. The first-order valence-corrected chi connectivity index (χ1v) is 8.52. The Morgan fingerprint density at radius 2 is 2.19 bits per heavy atom. The molecule has 1 heterocycles. The molecule has 1 N–H and O–H groups in total. The summed E-state index contributed by atoms with van der Waals surface area (Å²) in [4.78, 5) is 3.80. The molecule has 0 saturated heterocycles. The van der Waals surface area contributed by atoms with E-state index in [1.165, 1.54) is 33.4 Å². The average molecular weight is 298 g/mol. The molecule has 21 heavy (non-hydrogen) atoms. The Morgan fingerprint density at radius 1 is 1.38 bits per heavy atom. The van der Waals surface area contributed by atoms with Gasteiger partial charge in [0.25, 0.3) is 0 Å². The summed E-state index contributed by atoms with van der Waals surface area (Å²) in [5, 5.41) is 5.04. The topological polar surface area (TPSA) is 15.3 Å². The van der Waals surface area contributed by atoms with Crippen LogP contribution in [0.15, 0.2) is 24.3 Å². The van der Waals surface area contributed by atoms with Gasteiger partial charge in [-0.3, -0.25) is 4.90 Å². The van der Waals surface area contributed by atoms with Crippen molar-refractivity contribution < 1.29 is 0 Å². The lowest BCUT2D eigenvalue weighted by molar-refractivity contribution is 0.316. The van der Waals surface area contributed by atoms with Crippen LogP contribution in [0.4, 0.5) is 0 Å². The third-order valence-electron chi connectivity index (χ3n) is 4.05. The van der Waals surface area contributed by atoms with Crippen LogP contribution in [0.25, 0.3) is 10.1 Å². The molecule has 1 aliphatic rings. The van der Waals surface area contributed by atoms with E-state index in [4.69, 9.17) is 6.42 Å². The fourth-order valence-electron chi connectivity index (χ4n) is 2.62. The third-order valence-corrected chi connectivity index (χ3v) is 5.27. The number of nitrogens with one attached hydrogen (secondary N) is 1. The maximum absolute atomic E-state index is 5.49. The predicted octanol–water partition coefficient (Wildman–Crippen LogP) is 3.61. The van der Waals surface area contributed by atoms with Gasteiger partial charge in [-0.1, -0.05) is 31.0 Å². The summed E-state index contributed by atoms with van der Waals surface area (Å²) in [6.45, 7) is 5.83. The van der Waals surface area contributed by atoms with Gasteiger partial charge in [0.05, 0.1) is 6.54 Å². The van der Waals surface area contributed by atoms with Crippen molar-refractivity contribution in [2.75, 3.05) is 13.1 Å². The lowest BCUT2D eigenvalue weighted by atomic mass is 10.1. The third kappa shape index (κ3) is 3.47. The van der Waals surface area contributed by atoms with Crippen LogP contribution in [0.5, 0.6) is 0 Å². The maximum atomic E-state index is 5.49. The number of thiophene rings is 1. The van der Waals surface area contributed by atoms with Crippen LogP contribution in [0.1, 0.15) is 30.2 Å². The quantitative estimate of drug-likeness (QED) is 0.786. The van der Waals surface area contributed by atoms with Crippen LogP contribution in [-0.2, 0) is 13.1 Å². The number of hydrogen-bond donors (Lipinski definition) is 1. The van der Waals surface area contributed by atoms with Crippen molar-refractivity contribution in [1.82, 2.24) is 10.2 Å². The minimum atomic E-state index is 0.718. The number of nitrogens with zero attached hydrogens (tertiary/aromatic N) is 1. The molecule has 0 amide bonds. The van der Waals surface area contributed by atoms with Gasteiger partial charge in [0, 0.05) is 28.7 Å². The zero-order valence-electron chi connectivity index (χ0n) is 12.6. The molecular weight excluding hydrogens is 276 g/mol. The second-order valence-electron chi connectivity index (χ2n) is 5.66. The lowest BCUT2D eigenvalue weighted by Gasteiger charge is -2.18. The molecule has 0 aliphatic heterocycles. The Labute approximate surface area is 131 Å². The fraction of sp³-hybridized carbons (Fsp3) is 0.444. The molecule has 110 valence electrons. The molecule has 0 bridgehead atoms. The molecule has 1 aromatic heterocycles. The van der Waals surface area contributed by atoms with Crippen molar-refractivity contribution in [2.24, 2.45) is 0 Å². The summed E-state index contributed by atoms with van der Waals surface area (Å²) in [6.07, 6.45) is 8.15. The van der Waals surface area contributed by atoms with Crippen LogP contribution in [0.3, 0.4) is 0 Å². The Kier molecular flexibility index (Phi) is 4.60. The monoisotopic (exact) mass is 298 g/mol. The maximum Gasteiger partial charge on any atom is 0.0601 e. The van der Waals surface area contributed by atoms with Gasteiger partial charge in [0.15, 0.2) is 0 Å². The van der Waals surface area contributed by atoms with Crippen molar-refractivity contribution in [1.29, 1.82) is 0 Å². The van der Waals surface area contributed by atoms with Gasteiger partial charge >= 0.3 is 0 Å². The van der Waals surface area contributed by atoms with Crippen LogP contribution in [-0.4, -0.2) is 24.0 Å². The van der Waals surface area contributed by atoms with E-state index < -0.39 is 0 Å². The molecule has 2 nitrogen and oxygen atoms in total. The van der Waals surface area contributed by atoms with Gasteiger partial charge in [-0.15, -0.1) is 17.8 Å². The minimum Gasteiger partial charge on any atom is -0.309 e. The van der Waals surface area contributed by atoms with Crippen LogP contribution in [0.2, 0.25) is 0 Å².